The predicted molar refractivity (Wildman–Crippen MR) is 76.7 cm³/mol. The quantitative estimate of drug-likeness (QED) is 0.796. The Morgan fingerprint density at radius 3 is 2.84 bits per heavy atom. The van der Waals surface area contributed by atoms with Gasteiger partial charge in [0.15, 0.2) is 5.65 Å². The maximum absolute atomic E-state index is 5.99. The molecule has 98 valence electrons. The number of anilines is 1. The van der Waals surface area contributed by atoms with Crippen molar-refractivity contribution >= 4 is 28.4 Å². The molecule has 3 heterocycles. The maximum atomic E-state index is 5.99. The molecule has 0 aliphatic heterocycles. The summed E-state index contributed by atoms with van der Waals surface area (Å²) in [6.07, 6.45) is 0. The van der Waals surface area contributed by atoms with Gasteiger partial charge in [0, 0.05) is 6.07 Å². The van der Waals surface area contributed by atoms with E-state index in [1.807, 2.05) is 10.6 Å². The highest BCUT2D eigenvalue weighted by Gasteiger charge is 2.12. The van der Waals surface area contributed by atoms with E-state index in [1.165, 1.54) is 11.1 Å². The SMILES string of the molecule is COc1ccc2nc(N)n(Cc3cscc3C)c2n1. The number of hydrogen-bond donors (Lipinski definition) is 1. The van der Waals surface area contributed by atoms with E-state index in [9.17, 15) is 0 Å². The fourth-order valence-corrected chi connectivity index (χ4v) is 2.84. The molecule has 0 bridgehead atoms. The highest BCUT2D eigenvalue weighted by Crippen LogP contribution is 2.22. The minimum absolute atomic E-state index is 0.473. The first-order valence-electron chi connectivity index (χ1n) is 5.87. The molecule has 2 N–H and O–H groups in total. The minimum atomic E-state index is 0.473. The van der Waals surface area contributed by atoms with Gasteiger partial charge in [-0.05, 0) is 34.9 Å². The van der Waals surface area contributed by atoms with Crippen LogP contribution in [0.1, 0.15) is 11.1 Å². The van der Waals surface area contributed by atoms with E-state index in [-0.39, 0.29) is 0 Å². The van der Waals surface area contributed by atoms with Crippen LogP contribution in [-0.2, 0) is 6.54 Å². The number of pyridine rings is 1. The van der Waals surface area contributed by atoms with Crippen LogP contribution in [0.4, 0.5) is 5.95 Å². The van der Waals surface area contributed by atoms with Gasteiger partial charge in [-0.3, -0.25) is 4.57 Å². The fourth-order valence-electron chi connectivity index (χ4n) is 1.99. The second-order valence-corrected chi connectivity index (χ2v) is 5.08. The van der Waals surface area contributed by atoms with Gasteiger partial charge in [-0.1, -0.05) is 0 Å². The Balaban J connectivity index is 2.11. The summed E-state index contributed by atoms with van der Waals surface area (Å²) < 4.78 is 7.06. The zero-order valence-corrected chi connectivity index (χ0v) is 11.6. The summed E-state index contributed by atoms with van der Waals surface area (Å²) in [5, 5.41) is 4.25. The van der Waals surface area contributed by atoms with Gasteiger partial charge in [0.2, 0.25) is 11.8 Å². The zero-order chi connectivity index (χ0) is 13.4. The van der Waals surface area contributed by atoms with Crippen molar-refractivity contribution in [2.45, 2.75) is 13.5 Å². The van der Waals surface area contributed by atoms with Crippen molar-refractivity contribution in [1.82, 2.24) is 14.5 Å². The molecule has 0 unspecified atom stereocenters. The Bertz CT molecular complexity index is 731. The average molecular weight is 274 g/mol. The number of rotatable bonds is 3. The molecule has 0 atom stereocenters. The van der Waals surface area contributed by atoms with E-state index < -0.39 is 0 Å². The molecule has 0 spiro atoms. The van der Waals surface area contributed by atoms with Crippen molar-refractivity contribution in [3.05, 3.63) is 34.0 Å². The number of nitrogens with zero attached hydrogens (tertiary/aromatic N) is 3. The first kappa shape index (κ1) is 12.0. The van der Waals surface area contributed by atoms with Gasteiger partial charge < -0.3 is 10.5 Å². The van der Waals surface area contributed by atoms with E-state index in [4.69, 9.17) is 10.5 Å². The number of fused-ring (bicyclic) bond motifs is 1. The smallest absolute Gasteiger partial charge is 0.215 e. The number of nitrogens with two attached hydrogens (primary N) is 1. The van der Waals surface area contributed by atoms with E-state index in [0.717, 1.165) is 11.2 Å². The third kappa shape index (κ3) is 2.04. The van der Waals surface area contributed by atoms with Crippen molar-refractivity contribution in [3.63, 3.8) is 0 Å². The van der Waals surface area contributed by atoms with E-state index >= 15 is 0 Å². The number of thiophene rings is 1. The van der Waals surface area contributed by atoms with Crippen LogP contribution in [0.3, 0.4) is 0 Å². The van der Waals surface area contributed by atoms with Crippen molar-refractivity contribution in [3.8, 4) is 5.88 Å². The minimum Gasteiger partial charge on any atom is -0.481 e. The molecular weight excluding hydrogens is 260 g/mol. The Morgan fingerprint density at radius 1 is 1.32 bits per heavy atom. The van der Waals surface area contributed by atoms with Gasteiger partial charge in [0.1, 0.15) is 5.52 Å². The summed E-state index contributed by atoms with van der Waals surface area (Å²) in [7, 11) is 1.60. The number of ether oxygens (including phenoxy) is 1. The lowest BCUT2D eigenvalue weighted by Gasteiger charge is -2.06. The lowest BCUT2D eigenvalue weighted by molar-refractivity contribution is 0.399. The first-order valence-corrected chi connectivity index (χ1v) is 6.81. The lowest BCUT2D eigenvalue weighted by atomic mass is 10.2. The summed E-state index contributed by atoms with van der Waals surface area (Å²) >= 11 is 1.69. The average Bonchev–Trinajstić information content (AvgIpc) is 2.94. The van der Waals surface area contributed by atoms with Crippen molar-refractivity contribution in [2.24, 2.45) is 0 Å². The molecule has 0 aliphatic carbocycles. The number of aromatic nitrogens is 3. The van der Waals surface area contributed by atoms with E-state index in [1.54, 1.807) is 24.5 Å². The predicted octanol–water partition coefficient (Wildman–Crippen LogP) is 2.44. The second kappa shape index (κ2) is 4.55. The van der Waals surface area contributed by atoms with E-state index in [2.05, 4.69) is 27.7 Å². The lowest BCUT2D eigenvalue weighted by Crippen LogP contribution is -2.05. The van der Waals surface area contributed by atoms with Crippen molar-refractivity contribution in [1.29, 1.82) is 0 Å². The van der Waals surface area contributed by atoms with Crippen LogP contribution in [0.2, 0.25) is 0 Å². The Kier molecular flexibility index (Phi) is 2.87. The number of hydrogen-bond acceptors (Lipinski definition) is 5. The van der Waals surface area contributed by atoms with Gasteiger partial charge in [0.25, 0.3) is 0 Å². The van der Waals surface area contributed by atoms with Crippen molar-refractivity contribution < 1.29 is 4.74 Å². The van der Waals surface area contributed by atoms with Crippen LogP contribution in [0.5, 0.6) is 5.88 Å². The van der Waals surface area contributed by atoms with Crippen LogP contribution >= 0.6 is 11.3 Å². The largest absolute Gasteiger partial charge is 0.481 e. The molecule has 0 saturated carbocycles. The Labute approximate surface area is 114 Å². The van der Waals surface area contributed by atoms with Crippen LogP contribution in [-0.4, -0.2) is 21.6 Å². The van der Waals surface area contributed by atoms with Gasteiger partial charge in [-0.25, -0.2) is 4.98 Å². The molecular formula is C13H14N4OS. The molecule has 0 radical (unpaired) electrons. The number of aryl methyl sites for hydroxylation is 1. The molecule has 19 heavy (non-hydrogen) atoms. The number of methoxy groups -OCH3 is 1. The summed E-state index contributed by atoms with van der Waals surface area (Å²) in [5.74, 6) is 1.04. The van der Waals surface area contributed by atoms with Crippen LogP contribution in [0.15, 0.2) is 22.9 Å². The van der Waals surface area contributed by atoms with E-state index in [0.29, 0.717) is 18.4 Å². The van der Waals surface area contributed by atoms with Crippen LogP contribution in [0.25, 0.3) is 11.2 Å². The summed E-state index contributed by atoms with van der Waals surface area (Å²) in [6, 6.07) is 3.66. The van der Waals surface area contributed by atoms with Crippen LogP contribution < -0.4 is 10.5 Å². The third-order valence-corrected chi connectivity index (χ3v) is 4.01. The molecule has 3 aromatic heterocycles. The Hall–Kier alpha value is -2.08. The highest BCUT2D eigenvalue weighted by molar-refractivity contribution is 7.08. The van der Waals surface area contributed by atoms with Gasteiger partial charge >= 0.3 is 0 Å². The Morgan fingerprint density at radius 2 is 2.16 bits per heavy atom. The maximum Gasteiger partial charge on any atom is 0.215 e. The molecule has 5 nitrogen and oxygen atoms in total. The normalized spacial score (nSPS) is 11.1. The van der Waals surface area contributed by atoms with Gasteiger partial charge in [0.05, 0.1) is 13.7 Å². The fraction of sp³-hybridized carbons (Fsp3) is 0.231. The standard InChI is InChI=1S/C13H14N4OS/c1-8-6-19-7-9(8)5-17-12-10(15-13(17)14)3-4-11(16-12)18-2/h3-4,6-7H,5H2,1-2H3,(H2,14,15). The summed E-state index contributed by atoms with van der Waals surface area (Å²) in [5.41, 5.74) is 10.0. The number of nitrogen functional groups attached to an aromatic ring is 1. The third-order valence-electron chi connectivity index (χ3n) is 3.10. The molecule has 0 fully saturated rings. The molecule has 0 saturated heterocycles. The van der Waals surface area contributed by atoms with Gasteiger partial charge in [-0.15, -0.1) is 0 Å². The molecule has 0 aliphatic rings. The molecule has 3 aromatic rings. The molecule has 0 aromatic carbocycles. The molecule has 0 amide bonds. The van der Waals surface area contributed by atoms with Crippen molar-refractivity contribution in [2.75, 3.05) is 12.8 Å². The summed E-state index contributed by atoms with van der Waals surface area (Å²) in [6.45, 7) is 2.77. The number of imidazole rings is 1. The zero-order valence-electron chi connectivity index (χ0n) is 10.8. The van der Waals surface area contributed by atoms with Gasteiger partial charge in [-0.2, -0.15) is 16.3 Å². The highest BCUT2D eigenvalue weighted by atomic mass is 32.1. The second-order valence-electron chi connectivity index (χ2n) is 4.33. The topological polar surface area (TPSA) is 66.0 Å². The molecule has 6 heteroatoms. The monoisotopic (exact) mass is 274 g/mol. The summed E-state index contributed by atoms with van der Waals surface area (Å²) in [4.78, 5) is 8.75. The van der Waals surface area contributed by atoms with Crippen LogP contribution in [0, 0.1) is 6.92 Å². The first-order chi connectivity index (χ1) is 9.19. The molecule has 3 rings (SSSR count).